The quantitative estimate of drug-likeness (QED) is 0.689. The molecule has 0 aliphatic carbocycles. The van der Waals surface area contributed by atoms with Crippen molar-refractivity contribution < 1.29 is 4.79 Å². The van der Waals surface area contributed by atoms with Crippen LogP contribution in [0.1, 0.15) is 23.7 Å². The van der Waals surface area contributed by atoms with E-state index in [1.54, 1.807) is 12.5 Å². The molecule has 3 rings (SSSR count). The minimum atomic E-state index is -0.171. The van der Waals surface area contributed by atoms with E-state index in [2.05, 4.69) is 39.7 Å². The second kappa shape index (κ2) is 8.80. The number of carbonyl (C=O) groups excluding carboxylic acids is 1. The van der Waals surface area contributed by atoms with Gasteiger partial charge in [-0.1, -0.05) is 37.3 Å². The third-order valence-corrected chi connectivity index (χ3v) is 4.11. The first-order valence-electron chi connectivity index (χ1n) is 8.78. The molecule has 2 amide bonds. The van der Waals surface area contributed by atoms with Crippen LogP contribution in [0.2, 0.25) is 0 Å². The molecule has 0 atom stereocenters. The fraction of sp³-hybridized carbons (Fsp3) is 0.250. The van der Waals surface area contributed by atoms with Crippen molar-refractivity contribution in [3.63, 3.8) is 0 Å². The van der Waals surface area contributed by atoms with Crippen LogP contribution in [0.25, 0.3) is 5.82 Å². The molecule has 2 heterocycles. The topological polar surface area (TPSA) is 71.8 Å². The van der Waals surface area contributed by atoms with Crippen LogP contribution in [0.4, 0.5) is 4.79 Å². The molecule has 0 radical (unpaired) electrons. The van der Waals surface area contributed by atoms with Crippen molar-refractivity contribution in [3.8, 4) is 5.82 Å². The molecule has 3 aromatic rings. The van der Waals surface area contributed by atoms with Gasteiger partial charge in [-0.25, -0.2) is 14.8 Å². The van der Waals surface area contributed by atoms with Crippen LogP contribution in [0.5, 0.6) is 0 Å². The summed E-state index contributed by atoms with van der Waals surface area (Å²) in [5.74, 6) is 0.819. The minimum Gasteiger partial charge on any atom is -0.338 e. The molecule has 0 aliphatic heterocycles. The van der Waals surface area contributed by atoms with Gasteiger partial charge >= 0.3 is 6.03 Å². The molecule has 0 spiro atoms. The molecule has 0 bridgehead atoms. The number of nitrogens with zero attached hydrogens (tertiary/aromatic N) is 3. The van der Waals surface area contributed by atoms with E-state index in [0.717, 1.165) is 23.5 Å². The normalized spacial score (nSPS) is 10.5. The highest BCUT2D eigenvalue weighted by Gasteiger charge is 2.03. The average molecular weight is 349 g/mol. The summed E-state index contributed by atoms with van der Waals surface area (Å²) in [7, 11) is 0. The first-order chi connectivity index (χ1) is 12.7. The van der Waals surface area contributed by atoms with Crippen molar-refractivity contribution in [1.82, 2.24) is 25.2 Å². The van der Waals surface area contributed by atoms with Gasteiger partial charge in [-0.2, -0.15) is 0 Å². The minimum absolute atomic E-state index is 0.171. The van der Waals surface area contributed by atoms with E-state index in [0.29, 0.717) is 19.5 Å². The van der Waals surface area contributed by atoms with Gasteiger partial charge in [0.15, 0.2) is 0 Å². The summed E-state index contributed by atoms with van der Waals surface area (Å²) in [4.78, 5) is 20.5. The fourth-order valence-corrected chi connectivity index (χ4v) is 2.59. The SMILES string of the molecule is CCc1ccc(CNC(=O)NCCc2cccc(-n3ccnc3)n2)cc1. The molecule has 6 nitrogen and oxygen atoms in total. The molecule has 134 valence electrons. The molecule has 2 N–H and O–H groups in total. The van der Waals surface area contributed by atoms with Gasteiger partial charge in [-0.15, -0.1) is 0 Å². The maximum atomic E-state index is 11.9. The Morgan fingerprint density at radius 1 is 1.08 bits per heavy atom. The summed E-state index contributed by atoms with van der Waals surface area (Å²) in [5, 5.41) is 5.74. The highest BCUT2D eigenvalue weighted by atomic mass is 16.2. The largest absolute Gasteiger partial charge is 0.338 e. The number of imidazole rings is 1. The Kier molecular flexibility index (Phi) is 5.98. The molecule has 0 aliphatic rings. The standard InChI is InChI=1S/C20H23N5O/c1-2-16-6-8-17(9-7-16)14-23-20(26)22-11-10-18-4-3-5-19(24-18)25-13-12-21-15-25/h3-9,12-13,15H,2,10-11,14H2,1H3,(H2,22,23,26). The van der Waals surface area contributed by atoms with Gasteiger partial charge in [0.25, 0.3) is 0 Å². The number of benzene rings is 1. The molecular formula is C20H23N5O. The van der Waals surface area contributed by atoms with E-state index >= 15 is 0 Å². The summed E-state index contributed by atoms with van der Waals surface area (Å²) in [5.41, 5.74) is 3.31. The van der Waals surface area contributed by atoms with Crippen molar-refractivity contribution in [1.29, 1.82) is 0 Å². The van der Waals surface area contributed by atoms with Crippen LogP contribution in [0, 0.1) is 0 Å². The highest BCUT2D eigenvalue weighted by Crippen LogP contribution is 2.06. The summed E-state index contributed by atoms with van der Waals surface area (Å²) < 4.78 is 1.85. The number of aryl methyl sites for hydroxylation is 1. The van der Waals surface area contributed by atoms with Gasteiger partial charge in [-0.3, -0.25) is 4.57 Å². The molecule has 6 heteroatoms. The lowest BCUT2D eigenvalue weighted by atomic mass is 10.1. The first-order valence-corrected chi connectivity index (χ1v) is 8.78. The summed E-state index contributed by atoms with van der Waals surface area (Å²) in [6, 6.07) is 13.9. The van der Waals surface area contributed by atoms with Crippen molar-refractivity contribution in [2.75, 3.05) is 6.54 Å². The fourth-order valence-electron chi connectivity index (χ4n) is 2.59. The number of carbonyl (C=O) groups is 1. The molecular weight excluding hydrogens is 326 g/mol. The Morgan fingerprint density at radius 2 is 1.88 bits per heavy atom. The lowest BCUT2D eigenvalue weighted by Crippen LogP contribution is -2.36. The number of pyridine rings is 1. The third-order valence-electron chi connectivity index (χ3n) is 4.11. The van der Waals surface area contributed by atoms with Crippen LogP contribution in [-0.4, -0.2) is 27.1 Å². The highest BCUT2D eigenvalue weighted by molar-refractivity contribution is 5.73. The lowest BCUT2D eigenvalue weighted by molar-refractivity contribution is 0.240. The molecule has 0 unspecified atom stereocenters. The molecule has 26 heavy (non-hydrogen) atoms. The number of urea groups is 1. The number of nitrogens with one attached hydrogen (secondary N) is 2. The molecule has 1 aromatic carbocycles. The first kappa shape index (κ1) is 17.7. The van der Waals surface area contributed by atoms with Crippen LogP contribution in [0.15, 0.2) is 61.2 Å². The van der Waals surface area contributed by atoms with E-state index in [-0.39, 0.29) is 6.03 Å². The van der Waals surface area contributed by atoms with Gasteiger partial charge in [0, 0.05) is 37.6 Å². The zero-order valence-electron chi connectivity index (χ0n) is 14.9. The van der Waals surface area contributed by atoms with Gasteiger partial charge < -0.3 is 10.6 Å². The third kappa shape index (κ3) is 4.92. The smallest absolute Gasteiger partial charge is 0.315 e. The van der Waals surface area contributed by atoms with Crippen LogP contribution in [-0.2, 0) is 19.4 Å². The Hall–Kier alpha value is -3.15. The number of hydrogen-bond acceptors (Lipinski definition) is 3. The van der Waals surface area contributed by atoms with Gasteiger partial charge in [-0.05, 0) is 29.7 Å². The van der Waals surface area contributed by atoms with Crippen molar-refractivity contribution in [2.24, 2.45) is 0 Å². The summed E-state index contributed by atoms with van der Waals surface area (Å²) in [6.07, 6.45) is 6.97. The van der Waals surface area contributed by atoms with E-state index < -0.39 is 0 Å². The van der Waals surface area contributed by atoms with Crippen molar-refractivity contribution in [3.05, 3.63) is 78.0 Å². The van der Waals surface area contributed by atoms with E-state index in [1.165, 1.54) is 5.56 Å². The average Bonchev–Trinajstić information content (AvgIpc) is 3.22. The predicted molar refractivity (Wildman–Crippen MR) is 101 cm³/mol. The van der Waals surface area contributed by atoms with Crippen LogP contribution in [0.3, 0.4) is 0 Å². The Balaban J connectivity index is 1.43. The van der Waals surface area contributed by atoms with Crippen LogP contribution < -0.4 is 10.6 Å². The van der Waals surface area contributed by atoms with E-state index in [1.807, 2.05) is 41.1 Å². The Labute approximate surface area is 153 Å². The van der Waals surface area contributed by atoms with Crippen LogP contribution >= 0.6 is 0 Å². The number of amides is 2. The molecule has 0 saturated carbocycles. The molecule has 2 aromatic heterocycles. The zero-order valence-corrected chi connectivity index (χ0v) is 14.9. The second-order valence-electron chi connectivity index (χ2n) is 5.99. The molecule has 0 saturated heterocycles. The number of hydrogen-bond donors (Lipinski definition) is 2. The maximum Gasteiger partial charge on any atom is 0.315 e. The van der Waals surface area contributed by atoms with Gasteiger partial charge in [0.1, 0.15) is 12.1 Å². The number of aromatic nitrogens is 3. The summed E-state index contributed by atoms with van der Waals surface area (Å²) in [6.45, 7) is 3.17. The van der Waals surface area contributed by atoms with E-state index in [4.69, 9.17) is 0 Å². The monoisotopic (exact) mass is 349 g/mol. The Bertz CT molecular complexity index is 828. The van der Waals surface area contributed by atoms with E-state index in [9.17, 15) is 4.79 Å². The van der Waals surface area contributed by atoms with Crippen molar-refractivity contribution in [2.45, 2.75) is 26.3 Å². The predicted octanol–water partition coefficient (Wildman–Crippen LogP) is 2.87. The summed E-state index contributed by atoms with van der Waals surface area (Å²) >= 11 is 0. The zero-order chi connectivity index (χ0) is 18.2. The maximum absolute atomic E-state index is 11.9. The van der Waals surface area contributed by atoms with Gasteiger partial charge in [0.05, 0.1) is 0 Å². The van der Waals surface area contributed by atoms with Crippen molar-refractivity contribution >= 4 is 6.03 Å². The Morgan fingerprint density at radius 3 is 2.62 bits per heavy atom. The second-order valence-corrected chi connectivity index (χ2v) is 5.99. The molecule has 0 fully saturated rings. The van der Waals surface area contributed by atoms with Gasteiger partial charge in [0.2, 0.25) is 0 Å². The number of rotatable bonds is 7. The lowest BCUT2D eigenvalue weighted by Gasteiger charge is -2.09.